The molecule has 24 atom stereocenters. The molecule has 0 aliphatic carbocycles. The van der Waals surface area contributed by atoms with Crippen molar-refractivity contribution in [2.45, 2.75) is 186 Å². The van der Waals surface area contributed by atoms with Gasteiger partial charge in [-0.3, -0.25) is 28.8 Å². The summed E-state index contributed by atoms with van der Waals surface area (Å²) in [5.74, 6) is 1.38. The van der Waals surface area contributed by atoms with Gasteiger partial charge in [0, 0.05) is 79.6 Å². The molecule has 0 aromatic carbocycles. The van der Waals surface area contributed by atoms with Crippen LogP contribution in [0.4, 0.5) is 0 Å². The molecular formula is C87H138BrClI2N12O19P6. The van der Waals surface area contributed by atoms with E-state index >= 15 is 0 Å². The average Bonchev–Trinajstić information content (AvgIpc) is 1.56. The molecule has 7 saturated heterocycles. The van der Waals surface area contributed by atoms with Crippen molar-refractivity contribution >= 4 is 187 Å². The maximum Gasteiger partial charge on any atom is 0.250 e. The summed E-state index contributed by atoms with van der Waals surface area (Å²) in [7, 11) is 0. The summed E-state index contributed by atoms with van der Waals surface area (Å²) in [5, 5.41) is 77.9. The smallest absolute Gasteiger partial charge is 0.250 e. The van der Waals surface area contributed by atoms with Gasteiger partial charge >= 0.3 is 0 Å². The van der Waals surface area contributed by atoms with E-state index in [1.54, 1.807) is 66.6 Å². The van der Waals surface area contributed by atoms with Gasteiger partial charge in [-0.25, -0.2) is 0 Å². The van der Waals surface area contributed by atoms with Gasteiger partial charge in [0.25, 0.3) is 35.4 Å². The van der Waals surface area contributed by atoms with Gasteiger partial charge in [-0.2, -0.15) is 0 Å². The lowest BCUT2D eigenvalue weighted by Crippen LogP contribution is -2.49. The molecule has 0 spiro atoms. The second kappa shape index (κ2) is 44.9. The van der Waals surface area contributed by atoms with Crippen LogP contribution >= 0.6 is 114 Å². The molecule has 13 rings (SSSR count). The first-order valence-corrected chi connectivity index (χ1v) is 64.2. The minimum absolute atomic E-state index is 0.0877. The van der Waals surface area contributed by atoms with Crippen LogP contribution in [0.25, 0.3) is 0 Å². The summed E-state index contributed by atoms with van der Waals surface area (Å²) >= 11 is 14.2. The lowest BCUT2D eigenvalue weighted by Gasteiger charge is -2.38. The van der Waals surface area contributed by atoms with Crippen LogP contribution in [0.3, 0.4) is 0 Å². The molecule has 12 N–H and O–H groups in total. The van der Waals surface area contributed by atoms with E-state index in [1.165, 1.54) is 36.5 Å². The van der Waals surface area contributed by atoms with Crippen LogP contribution < -0.4 is 31.9 Å². The number of halogens is 4. The van der Waals surface area contributed by atoms with Gasteiger partial charge in [0.05, 0.1) is 73.7 Å². The van der Waals surface area contributed by atoms with E-state index in [2.05, 4.69) is 250 Å². The lowest BCUT2D eigenvalue weighted by molar-refractivity contribution is -0.182. The van der Waals surface area contributed by atoms with Crippen molar-refractivity contribution in [3.05, 3.63) is 148 Å². The monoisotopic (exact) mass is 2210 g/mol. The van der Waals surface area contributed by atoms with E-state index in [0.29, 0.717) is 41.5 Å². The largest absolute Gasteiger partial charge is 0.390 e. The first-order valence-electron chi connectivity index (χ1n) is 42.1. The number of hydrogen-bond donors (Lipinski definition) is 12. The Morgan fingerprint density at radius 3 is 1.01 bits per heavy atom. The maximum atomic E-state index is 11.3. The number of aliphatic hydroxyl groups is 6. The highest BCUT2D eigenvalue weighted by Gasteiger charge is 2.63. The Bertz CT molecular complexity index is 4270. The third-order valence-corrected chi connectivity index (χ3v) is 35.9. The maximum absolute atomic E-state index is 11.3. The van der Waals surface area contributed by atoms with Gasteiger partial charge in [0.15, 0.2) is 18.7 Å². The summed E-state index contributed by atoms with van der Waals surface area (Å²) in [4.78, 5) is 77.9. The number of fused-ring (bicyclic) bond motifs is 2. The number of hydrogen-bond acceptors (Lipinski definition) is 25. The SMILES string of the molecule is C=C1NC(=O)C=CN1[C@@H]1O[C@@]2(CCP(=C)(C)C)CO[C@@H]1[C@@H]2O.C=C1NC(=O)C=CN1[C@@H]1O[C@H](CCP(=C)(C)C)[C@@H](O)[C@H]1Br.C=C1NC(=O)C=CN1[C@@H]1O[C@H](CCP(=C)(C)C)[C@@H](O)[C@H]1Cl.C=C1NC(=O)C=CN1[C@@H]1O[C@H](CCP(=C)(C)C)[C@@H](O)[C@H]1I.C=C1NC(=O)C=CN1[C@@H]1O[C@H](CCP(=C)(C)C)[C@@H](O)[C@H]1I.C=C1NC(=O)C=CN1[C@@H]1O[C@](C)(CCP(=C)(C)C)[C@@H](O)[C@H]1C. The van der Waals surface area contributed by atoms with Crippen LogP contribution in [0.2, 0.25) is 0 Å². The zero-order valence-electron chi connectivity index (χ0n) is 76.2. The molecule has 31 nitrogen and oxygen atoms in total. The topological polar surface area (TPSA) is 380 Å². The molecule has 0 aromatic heterocycles. The molecular weight excluding hydrogens is 2070 g/mol. The van der Waals surface area contributed by atoms with Gasteiger partial charge in [0.1, 0.15) is 82.9 Å². The Balaban J connectivity index is 0.000000190. The lowest BCUT2D eigenvalue weighted by atomic mass is 9.90. The first kappa shape index (κ1) is 109. The van der Waals surface area contributed by atoms with Crippen molar-refractivity contribution in [2.75, 3.05) is 124 Å². The molecule has 0 unspecified atom stereocenters. The van der Waals surface area contributed by atoms with Crippen LogP contribution in [0.15, 0.2) is 148 Å². The van der Waals surface area contributed by atoms with E-state index < -0.39 is 113 Å². The number of nitrogens with zero attached hydrogens (tertiary/aromatic N) is 6. The standard InChI is InChI=1S/C16H27N2O3P.C15H23N2O4P.C14H22BrN2O3P.C14H22ClN2O3P.2C14H22IN2O3P/c1-11-14(20)16(3,8-10-22(4,5)6)21-15(11)18-9-7-13(19)17-12(18)2;1-10-16-11(18)5-7-17(10)14-12-13(19)15(21-14,9-20-12)6-8-22(2,3)4;4*1-9-16-11(18)5-7-17(9)14-12(15)13(19)10(20-14)6-8-21(2,3)4/h7,9,11,14-15,20H,2,4,8,10H2,1,3,5-6H3,(H,17,19);5,7,12-14,19H,1-2,6,8-9H2,3-4H3,(H,16,18);4*5,7,10,12-14,19H,1-2,6,8H2,3-4H3,(H,16,18)/t11-,14+,15-,16-;12-,13+,14-,15+;4*10-,12-,13-,14-/m111111/s1. The molecule has 2 bridgehead atoms. The highest BCUT2D eigenvalue weighted by atomic mass is 127. The highest BCUT2D eigenvalue weighted by molar-refractivity contribution is 14.1. The number of aliphatic hydroxyl groups excluding tert-OH is 6. The van der Waals surface area contributed by atoms with Crippen molar-refractivity contribution in [3.8, 4) is 0 Å². The van der Waals surface area contributed by atoms with E-state index in [0.717, 1.165) is 75.5 Å². The zero-order valence-corrected chi connectivity index (χ0v) is 88.2. The average molecular weight is 2210 g/mol. The van der Waals surface area contributed by atoms with Gasteiger partial charge in [-0.15, -0.1) is 90.7 Å². The van der Waals surface area contributed by atoms with Crippen LogP contribution in [0, 0.1) is 5.92 Å². The summed E-state index contributed by atoms with van der Waals surface area (Å²) < 4.78 is 41.9. The van der Waals surface area contributed by atoms with E-state index in [9.17, 15) is 59.4 Å². The molecule has 13 aliphatic rings. The number of ether oxygens (including phenoxy) is 7. The fraction of sp³-hybridized carbons (Fsp3) is 0.586. The fourth-order valence-corrected chi connectivity index (χ4v) is 24.3. The van der Waals surface area contributed by atoms with Crippen molar-refractivity contribution in [1.82, 2.24) is 61.3 Å². The van der Waals surface area contributed by atoms with Crippen molar-refractivity contribution in [1.29, 1.82) is 0 Å². The van der Waals surface area contributed by atoms with Crippen molar-refractivity contribution in [3.63, 3.8) is 0 Å². The van der Waals surface area contributed by atoms with Gasteiger partial charge in [0.2, 0.25) is 0 Å². The van der Waals surface area contributed by atoms with E-state index in [4.69, 9.17) is 44.8 Å². The number of carbonyl (C=O) groups is 6. The van der Waals surface area contributed by atoms with Gasteiger partial charge < -0.3 is 125 Å². The van der Waals surface area contributed by atoms with E-state index in [-0.39, 0.29) is 103 Å². The quantitative estimate of drug-likeness (QED) is 0.0256. The molecule has 7 fully saturated rings. The second-order valence-corrected chi connectivity index (χ2v) is 68.8. The van der Waals surface area contributed by atoms with Crippen LogP contribution in [0.1, 0.15) is 52.4 Å². The third-order valence-electron chi connectivity index (χ3n) is 23.0. The van der Waals surface area contributed by atoms with Crippen LogP contribution in [-0.4, -0.2) is 391 Å². The summed E-state index contributed by atoms with van der Waals surface area (Å²) in [6, 6.07) is 0. The molecule has 718 valence electrons. The van der Waals surface area contributed by atoms with Crippen LogP contribution in [-0.2, 0) is 61.9 Å². The Hall–Kier alpha value is -3.99. The summed E-state index contributed by atoms with van der Waals surface area (Å²) in [6.45, 7) is 46.4. The summed E-state index contributed by atoms with van der Waals surface area (Å²) in [5.41, 5.74) is -1.28. The van der Waals surface area contributed by atoms with Crippen molar-refractivity contribution in [2.24, 2.45) is 5.92 Å². The van der Waals surface area contributed by atoms with E-state index in [1.807, 2.05) is 13.8 Å². The number of amides is 6. The number of rotatable bonds is 24. The number of nitrogens with one attached hydrogen (secondary N) is 6. The Kier molecular flexibility index (Phi) is 38.3. The fourth-order valence-electron chi connectivity index (χ4n) is 15.5. The molecule has 41 heteroatoms. The molecule has 0 radical (unpaired) electrons. The zero-order chi connectivity index (χ0) is 96.0. The first-order chi connectivity index (χ1) is 59.0. The highest BCUT2D eigenvalue weighted by Crippen LogP contribution is 2.51. The Morgan fingerprint density at radius 2 is 0.680 bits per heavy atom. The Morgan fingerprint density at radius 1 is 0.406 bits per heavy atom. The Labute approximate surface area is 798 Å². The molecule has 0 aromatic rings. The number of carbonyl (C=O) groups excluding carboxylic acids is 6. The second-order valence-electron chi connectivity index (χ2n) is 38.5. The van der Waals surface area contributed by atoms with Crippen molar-refractivity contribution < 1.29 is 92.6 Å². The minimum atomic E-state index is -1.20. The molecule has 13 heterocycles. The van der Waals surface area contributed by atoms with Gasteiger partial charge in [-0.05, 0) is 162 Å². The molecule has 13 aliphatic heterocycles. The molecule has 6 amide bonds. The number of alkyl halides is 4. The van der Waals surface area contributed by atoms with Gasteiger partial charge in [-0.1, -0.05) is 108 Å². The minimum Gasteiger partial charge on any atom is -0.390 e. The summed E-state index contributed by atoms with van der Waals surface area (Å²) in [6.07, 6.45) is 46.5. The predicted octanol–water partition coefficient (Wildman–Crippen LogP) is 7.30. The van der Waals surface area contributed by atoms with Crippen LogP contribution in [0.5, 0.6) is 0 Å². The predicted molar refractivity (Wildman–Crippen MR) is 550 cm³/mol. The normalized spacial score (nSPS) is 34.6. The third kappa shape index (κ3) is 30.0. The molecule has 0 saturated carbocycles. The molecule has 128 heavy (non-hydrogen) atoms.